The van der Waals surface area contributed by atoms with Crippen LogP contribution in [0, 0.1) is 0 Å². The molecule has 0 aromatic heterocycles. The van der Waals surface area contributed by atoms with E-state index in [1.54, 1.807) is 6.92 Å². The molecule has 0 saturated heterocycles. The van der Waals surface area contributed by atoms with Crippen molar-refractivity contribution in [2.75, 3.05) is 19.8 Å². The SMILES string of the molecule is CCOCC(O)C(C=O)OCC. The van der Waals surface area contributed by atoms with Crippen LogP contribution >= 0.6 is 0 Å². The molecule has 12 heavy (non-hydrogen) atoms. The molecule has 0 aliphatic heterocycles. The van der Waals surface area contributed by atoms with Crippen molar-refractivity contribution in [1.29, 1.82) is 0 Å². The standard InChI is InChI=1S/C8H16O4/c1-3-11-6-7(10)8(5-9)12-4-2/h5,7-8,10H,3-4,6H2,1-2H3. The van der Waals surface area contributed by atoms with E-state index in [2.05, 4.69) is 0 Å². The van der Waals surface area contributed by atoms with Crippen molar-refractivity contribution in [3.05, 3.63) is 0 Å². The second-order valence-electron chi connectivity index (χ2n) is 2.28. The number of carbonyl (C=O) groups is 1. The quantitative estimate of drug-likeness (QED) is 0.554. The van der Waals surface area contributed by atoms with Gasteiger partial charge in [-0.3, -0.25) is 0 Å². The van der Waals surface area contributed by atoms with E-state index in [4.69, 9.17) is 9.47 Å². The van der Waals surface area contributed by atoms with Gasteiger partial charge < -0.3 is 19.4 Å². The molecule has 0 radical (unpaired) electrons. The molecule has 4 nitrogen and oxygen atoms in total. The van der Waals surface area contributed by atoms with Crippen molar-refractivity contribution in [1.82, 2.24) is 0 Å². The lowest BCUT2D eigenvalue weighted by molar-refractivity contribution is -0.128. The van der Waals surface area contributed by atoms with E-state index in [9.17, 15) is 9.90 Å². The molecule has 0 aromatic rings. The summed E-state index contributed by atoms with van der Waals surface area (Å²) in [5.74, 6) is 0. The molecule has 0 bridgehead atoms. The normalized spacial score (nSPS) is 15.6. The van der Waals surface area contributed by atoms with Crippen molar-refractivity contribution >= 4 is 6.29 Å². The van der Waals surface area contributed by atoms with E-state index in [1.807, 2.05) is 6.92 Å². The number of aliphatic hydroxyl groups excluding tert-OH is 1. The topological polar surface area (TPSA) is 55.8 Å². The highest BCUT2D eigenvalue weighted by atomic mass is 16.5. The molecule has 0 spiro atoms. The molecule has 0 saturated carbocycles. The minimum Gasteiger partial charge on any atom is -0.388 e. The minimum atomic E-state index is -0.859. The van der Waals surface area contributed by atoms with Crippen LogP contribution in [0.1, 0.15) is 13.8 Å². The summed E-state index contributed by atoms with van der Waals surface area (Å²) >= 11 is 0. The molecule has 72 valence electrons. The Morgan fingerprint density at radius 1 is 1.42 bits per heavy atom. The van der Waals surface area contributed by atoms with Crippen LogP contribution in [0.4, 0.5) is 0 Å². The predicted octanol–water partition coefficient (Wildman–Crippen LogP) is -0.0122. The van der Waals surface area contributed by atoms with Crippen LogP contribution in [0.25, 0.3) is 0 Å². The number of hydrogen-bond acceptors (Lipinski definition) is 4. The summed E-state index contributed by atoms with van der Waals surface area (Å²) < 4.78 is 9.89. The Morgan fingerprint density at radius 2 is 2.08 bits per heavy atom. The molecule has 2 atom stereocenters. The first-order valence-corrected chi connectivity index (χ1v) is 4.08. The molecular formula is C8H16O4. The largest absolute Gasteiger partial charge is 0.388 e. The number of ether oxygens (including phenoxy) is 2. The smallest absolute Gasteiger partial charge is 0.151 e. The predicted molar refractivity (Wildman–Crippen MR) is 44.0 cm³/mol. The monoisotopic (exact) mass is 176 g/mol. The summed E-state index contributed by atoms with van der Waals surface area (Å²) in [5, 5.41) is 9.29. The average Bonchev–Trinajstić information content (AvgIpc) is 2.10. The van der Waals surface area contributed by atoms with Gasteiger partial charge in [-0.1, -0.05) is 0 Å². The lowest BCUT2D eigenvalue weighted by atomic mass is 10.2. The van der Waals surface area contributed by atoms with Crippen LogP contribution in [-0.2, 0) is 14.3 Å². The van der Waals surface area contributed by atoms with Crippen LogP contribution in [0.5, 0.6) is 0 Å². The highest BCUT2D eigenvalue weighted by molar-refractivity contribution is 5.57. The molecule has 0 amide bonds. The third-order valence-electron chi connectivity index (χ3n) is 1.37. The van der Waals surface area contributed by atoms with Gasteiger partial charge in [0.2, 0.25) is 0 Å². The number of aliphatic hydroxyl groups is 1. The number of carbonyl (C=O) groups excluding carboxylic acids is 1. The molecule has 2 unspecified atom stereocenters. The molecule has 0 aromatic carbocycles. The zero-order valence-corrected chi connectivity index (χ0v) is 7.53. The Hall–Kier alpha value is -0.450. The van der Waals surface area contributed by atoms with Gasteiger partial charge in [0.15, 0.2) is 6.29 Å². The van der Waals surface area contributed by atoms with Gasteiger partial charge in [0.05, 0.1) is 6.61 Å². The molecule has 0 aliphatic carbocycles. The summed E-state index contributed by atoms with van der Waals surface area (Å²) in [4.78, 5) is 10.4. The van der Waals surface area contributed by atoms with Crippen LogP contribution in [0.15, 0.2) is 0 Å². The second kappa shape index (κ2) is 7.21. The summed E-state index contributed by atoms with van der Waals surface area (Å²) in [6, 6.07) is 0. The first-order chi connectivity index (χ1) is 5.76. The Bertz CT molecular complexity index is 116. The minimum absolute atomic E-state index is 0.139. The lowest BCUT2D eigenvalue weighted by Gasteiger charge is -2.16. The van der Waals surface area contributed by atoms with E-state index >= 15 is 0 Å². The van der Waals surface area contributed by atoms with Crippen LogP contribution in [-0.4, -0.2) is 43.4 Å². The number of hydrogen-bond donors (Lipinski definition) is 1. The summed E-state index contributed by atoms with van der Waals surface area (Å²) in [5.41, 5.74) is 0. The fourth-order valence-corrected chi connectivity index (χ4v) is 0.767. The summed E-state index contributed by atoms with van der Waals surface area (Å²) in [6.45, 7) is 4.66. The highest BCUT2D eigenvalue weighted by Crippen LogP contribution is 1.97. The number of rotatable bonds is 7. The van der Waals surface area contributed by atoms with E-state index < -0.39 is 12.2 Å². The number of aldehydes is 1. The van der Waals surface area contributed by atoms with Crippen molar-refractivity contribution in [3.63, 3.8) is 0 Å². The fraction of sp³-hybridized carbons (Fsp3) is 0.875. The Morgan fingerprint density at radius 3 is 2.50 bits per heavy atom. The van der Waals surface area contributed by atoms with Gasteiger partial charge in [-0.15, -0.1) is 0 Å². The molecule has 0 heterocycles. The maximum atomic E-state index is 10.4. The maximum absolute atomic E-state index is 10.4. The molecule has 1 N–H and O–H groups in total. The second-order valence-corrected chi connectivity index (χ2v) is 2.28. The van der Waals surface area contributed by atoms with E-state index in [1.165, 1.54) is 0 Å². The maximum Gasteiger partial charge on any atom is 0.151 e. The Kier molecular flexibility index (Phi) is 6.94. The third kappa shape index (κ3) is 4.43. The van der Waals surface area contributed by atoms with Gasteiger partial charge in [-0.05, 0) is 13.8 Å². The van der Waals surface area contributed by atoms with Crippen molar-refractivity contribution < 1.29 is 19.4 Å². The van der Waals surface area contributed by atoms with Crippen molar-refractivity contribution in [2.24, 2.45) is 0 Å². The van der Waals surface area contributed by atoms with Gasteiger partial charge in [-0.2, -0.15) is 0 Å². The highest BCUT2D eigenvalue weighted by Gasteiger charge is 2.18. The Labute approximate surface area is 72.5 Å². The first kappa shape index (κ1) is 11.6. The van der Waals surface area contributed by atoms with Gasteiger partial charge in [0, 0.05) is 13.2 Å². The van der Waals surface area contributed by atoms with Crippen LogP contribution in [0.3, 0.4) is 0 Å². The first-order valence-electron chi connectivity index (χ1n) is 4.08. The molecule has 0 fully saturated rings. The third-order valence-corrected chi connectivity index (χ3v) is 1.37. The molecule has 0 aliphatic rings. The van der Waals surface area contributed by atoms with Gasteiger partial charge >= 0.3 is 0 Å². The van der Waals surface area contributed by atoms with E-state index in [0.717, 1.165) is 0 Å². The Balaban J connectivity index is 3.68. The van der Waals surface area contributed by atoms with E-state index in [-0.39, 0.29) is 6.61 Å². The summed E-state index contributed by atoms with van der Waals surface area (Å²) in [6.07, 6.45) is -1.03. The zero-order chi connectivity index (χ0) is 9.40. The van der Waals surface area contributed by atoms with Gasteiger partial charge in [-0.25, -0.2) is 0 Å². The van der Waals surface area contributed by atoms with Crippen molar-refractivity contribution in [3.8, 4) is 0 Å². The molecular weight excluding hydrogens is 160 g/mol. The zero-order valence-electron chi connectivity index (χ0n) is 7.53. The van der Waals surface area contributed by atoms with Gasteiger partial charge in [0.25, 0.3) is 0 Å². The molecule has 4 heteroatoms. The molecule has 0 rings (SSSR count). The fourth-order valence-electron chi connectivity index (χ4n) is 0.767. The van der Waals surface area contributed by atoms with E-state index in [0.29, 0.717) is 19.5 Å². The van der Waals surface area contributed by atoms with Crippen LogP contribution < -0.4 is 0 Å². The van der Waals surface area contributed by atoms with Crippen molar-refractivity contribution in [2.45, 2.75) is 26.1 Å². The van der Waals surface area contributed by atoms with Gasteiger partial charge in [0.1, 0.15) is 12.2 Å². The van der Waals surface area contributed by atoms with Crippen LogP contribution in [0.2, 0.25) is 0 Å². The lowest BCUT2D eigenvalue weighted by Crippen LogP contribution is -2.34. The average molecular weight is 176 g/mol. The summed E-state index contributed by atoms with van der Waals surface area (Å²) in [7, 11) is 0.